The molecule has 1 aliphatic rings. The first-order chi connectivity index (χ1) is 15.8. The third-order valence-electron chi connectivity index (χ3n) is 5.53. The number of aromatic nitrogens is 1. The number of carbonyl (C=O) groups excluding carboxylic acids is 1. The van der Waals surface area contributed by atoms with E-state index in [4.69, 9.17) is 0 Å². The van der Waals surface area contributed by atoms with Crippen LogP contribution in [0.3, 0.4) is 0 Å². The standard InChI is InChI=1S/C23H25FN4O3S2/c1-27(2)33(30,31)18-9-10-21(28-11-4-3-5-12-28)19(14-18)22(29)26-23-25-20(15-32-23)16-7-6-8-17(24)13-16/h6-10,13-15H,3-5,11-12H2,1-2H3,(H,25,26,29). The Morgan fingerprint density at radius 3 is 2.58 bits per heavy atom. The van der Waals surface area contributed by atoms with Gasteiger partial charge in [-0.3, -0.25) is 10.1 Å². The lowest BCUT2D eigenvalue weighted by atomic mass is 10.1. The van der Waals surface area contributed by atoms with Gasteiger partial charge in [0.05, 0.1) is 16.2 Å². The van der Waals surface area contributed by atoms with Gasteiger partial charge in [-0.15, -0.1) is 11.3 Å². The molecule has 0 atom stereocenters. The highest BCUT2D eigenvalue weighted by Gasteiger charge is 2.24. The van der Waals surface area contributed by atoms with Gasteiger partial charge in [-0.1, -0.05) is 12.1 Å². The molecule has 2 heterocycles. The van der Waals surface area contributed by atoms with Gasteiger partial charge in [-0.25, -0.2) is 22.1 Å². The summed E-state index contributed by atoms with van der Waals surface area (Å²) in [7, 11) is -0.792. The van der Waals surface area contributed by atoms with E-state index in [1.807, 2.05) is 0 Å². The van der Waals surface area contributed by atoms with Crippen LogP contribution in [0.4, 0.5) is 15.2 Å². The molecule has 1 saturated heterocycles. The molecule has 0 bridgehead atoms. The molecular formula is C23H25FN4O3S2. The van der Waals surface area contributed by atoms with Crippen LogP contribution in [0, 0.1) is 5.82 Å². The van der Waals surface area contributed by atoms with E-state index in [1.165, 1.54) is 43.6 Å². The number of piperidine rings is 1. The highest BCUT2D eigenvalue weighted by molar-refractivity contribution is 7.89. The van der Waals surface area contributed by atoms with Crippen molar-refractivity contribution < 1.29 is 17.6 Å². The van der Waals surface area contributed by atoms with Gasteiger partial charge >= 0.3 is 0 Å². The van der Waals surface area contributed by atoms with E-state index < -0.39 is 15.9 Å². The van der Waals surface area contributed by atoms with Crippen molar-refractivity contribution in [2.45, 2.75) is 24.2 Å². The molecule has 0 radical (unpaired) electrons. The number of carbonyl (C=O) groups is 1. The number of sulfonamides is 1. The third-order valence-corrected chi connectivity index (χ3v) is 8.10. The number of nitrogens with one attached hydrogen (secondary N) is 1. The molecule has 33 heavy (non-hydrogen) atoms. The number of thiazole rings is 1. The molecule has 1 amide bonds. The second-order valence-electron chi connectivity index (χ2n) is 8.02. The van der Waals surface area contributed by atoms with Crippen LogP contribution in [-0.4, -0.2) is 50.8 Å². The van der Waals surface area contributed by atoms with Crippen molar-refractivity contribution in [2.24, 2.45) is 0 Å². The number of hydrogen-bond acceptors (Lipinski definition) is 6. The highest BCUT2D eigenvalue weighted by atomic mass is 32.2. The predicted octanol–water partition coefficient (Wildman–Crippen LogP) is 4.44. The van der Waals surface area contributed by atoms with Gasteiger partial charge < -0.3 is 4.90 Å². The van der Waals surface area contributed by atoms with Gasteiger partial charge in [-0.05, 0) is 49.6 Å². The SMILES string of the molecule is CN(C)S(=O)(=O)c1ccc(N2CCCCC2)c(C(=O)Nc2nc(-c3cccc(F)c3)cs2)c1. The molecule has 1 aromatic heterocycles. The second-order valence-corrected chi connectivity index (χ2v) is 11.0. The van der Waals surface area contributed by atoms with Gasteiger partial charge in [0.25, 0.3) is 5.91 Å². The number of halogens is 1. The lowest BCUT2D eigenvalue weighted by Gasteiger charge is -2.30. The maximum Gasteiger partial charge on any atom is 0.259 e. The molecule has 174 valence electrons. The Balaban J connectivity index is 1.66. The summed E-state index contributed by atoms with van der Waals surface area (Å²) in [5.74, 6) is -0.803. The molecule has 10 heteroatoms. The lowest BCUT2D eigenvalue weighted by molar-refractivity contribution is 0.102. The molecule has 0 saturated carbocycles. The Hall–Kier alpha value is -2.82. The monoisotopic (exact) mass is 488 g/mol. The molecule has 0 spiro atoms. The zero-order valence-electron chi connectivity index (χ0n) is 18.4. The van der Waals surface area contributed by atoms with Crippen molar-refractivity contribution in [3.8, 4) is 11.3 Å². The van der Waals surface area contributed by atoms with E-state index in [9.17, 15) is 17.6 Å². The molecular weight excluding hydrogens is 463 g/mol. The fourth-order valence-electron chi connectivity index (χ4n) is 3.75. The van der Waals surface area contributed by atoms with Crippen molar-refractivity contribution in [3.05, 3.63) is 59.2 Å². The Labute approximate surface area is 196 Å². The summed E-state index contributed by atoms with van der Waals surface area (Å²) in [4.78, 5) is 19.9. The minimum absolute atomic E-state index is 0.0537. The van der Waals surface area contributed by atoms with Crippen LogP contribution in [0.5, 0.6) is 0 Å². The van der Waals surface area contributed by atoms with Crippen LogP contribution in [0.15, 0.2) is 52.7 Å². The van der Waals surface area contributed by atoms with E-state index >= 15 is 0 Å². The number of hydrogen-bond donors (Lipinski definition) is 1. The number of benzene rings is 2. The molecule has 4 rings (SSSR count). The fraction of sp³-hybridized carbons (Fsp3) is 0.304. The van der Waals surface area contributed by atoms with Crippen LogP contribution in [0.2, 0.25) is 0 Å². The molecule has 0 aliphatic carbocycles. The third kappa shape index (κ3) is 5.07. The Bertz CT molecular complexity index is 1270. The van der Waals surface area contributed by atoms with Crippen molar-refractivity contribution >= 4 is 38.1 Å². The van der Waals surface area contributed by atoms with Gasteiger partial charge in [0.15, 0.2) is 5.13 Å². The van der Waals surface area contributed by atoms with Crippen molar-refractivity contribution in [2.75, 3.05) is 37.4 Å². The normalized spacial score (nSPS) is 14.5. The summed E-state index contributed by atoms with van der Waals surface area (Å²) in [5, 5.41) is 4.88. The maximum absolute atomic E-state index is 13.6. The second kappa shape index (κ2) is 9.58. The topological polar surface area (TPSA) is 82.6 Å². The number of anilines is 2. The summed E-state index contributed by atoms with van der Waals surface area (Å²) in [6.45, 7) is 1.61. The molecule has 2 aromatic carbocycles. The summed E-state index contributed by atoms with van der Waals surface area (Å²) in [6.07, 6.45) is 3.16. The lowest BCUT2D eigenvalue weighted by Crippen LogP contribution is -2.32. The first-order valence-electron chi connectivity index (χ1n) is 10.6. The Morgan fingerprint density at radius 1 is 1.12 bits per heavy atom. The number of amides is 1. The first-order valence-corrected chi connectivity index (χ1v) is 12.9. The zero-order valence-corrected chi connectivity index (χ0v) is 20.0. The largest absolute Gasteiger partial charge is 0.371 e. The van der Waals surface area contributed by atoms with Crippen molar-refractivity contribution in [3.63, 3.8) is 0 Å². The molecule has 1 fully saturated rings. The molecule has 3 aromatic rings. The van der Waals surface area contributed by atoms with E-state index in [0.29, 0.717) is 22.1 Å². The molecule has 1 aliphatic heterocycles. The predicted molar refractivity (Wildman–Crippen MR) is 129 cm³/mol. The van der Waals surface area contributed by atoms with Gasteiger partial charge in [0.1, 0.15) is 5.82 Å². The van der Waals surface area contributed by atoms with E-state index in [1.54, 1.807) is 29.6 Å². The number of nitrogens with zero attached hydrogens (tertiary/aromatic N) is 3. The minimum Gasteiger partial charge on any atom is -0.371 e. The molecule has 0 unspecified atom stereocenters. The molecule has 1 N–H and O–H groups in total. The van der Waals surface area contributed by atoms with Crippen LogP contribution in [-0.2, 0) is 10.0 Å². The average Bonchev–Trinajstić information content (AvgIpc) is 3.27. The van der Waals surface area contributed by atoms with Crippen LogP contribution < -0.4 is 10.2 Å². The first kappa shape index (κ1) is 23.3. The van der Waals surface area contributed by atoms with Crippen LogP contribution in [0.25, 0.3) is 11.3 Å². The Kier molecular flexibility index (Phi) is 6.78. The van der Waals surface area contributed by atoms with Gasteiger partial charge in [-0.2, -0.15) is 0 Å². The van der Waals surface area contributed by atoms with Crippen molar-refractivity contribution in [1.82, 2.24) is 9.29 Å². The van der Waals surface area contributed by atoms with Gasteiger partial charge in [0.2, 0.25) is 10.0 Å². The van der Waals surface area contributed by atoms with Gasteiger partial charge in [0, 0.05) is 43.8 Å². The van der Waals surface area contributed by atoms with Crippen LogP contribution in [0.1, 0.15) is 29.6 Å². The number of rotatable bonds is 6. The smallest absolute Gasteiger partial charge is 0.259 e. The summed E-state index contributed by atoms with van der Waals surface area (Å²) < 4.78 is 40.0. The average molecular weight is 489 g/mol. The Morgan fingerprint density at radius 2 is 1.88 bits per heavy atom. The van der Waals surface area contributed by atoms with Crippen LogP contribution >= 0.6 is 11.3 Å². The fourth-order valence-corrected chi connectivity index (χ4v) is 5.40. The summed E-state index contributed by atoms with van der Waals surface area (Å²) >= 11 is 1.22. The quantitative estimate of drug-likeness (QED) is 0.555. The molecule has 7 nitrogen and oxygen atoms in total. The van der Waals surface area contributed by atoms with E-state index in [2.05, 4.69) is 15.2 Å². The minimum atomic E-state index is -3.70. The van der Waals surface area contributed by atoms with E-state index in [0.717, 1.165) is 36.7 Å². The zero-order chi connectivity index (χ0) is 23.6. The van der Waals surface area contributed by atoms with E-state index in [-0.39, 0.29) is 16.3 Å². The van der Waals surface area contributed by atoms with Crippen molar-refractivity contribution in [1.29, 1.82) is 0 Å². The summed E-state index contributed by atoms with van der Waals surface area (Å²) in [5.41, 5.74) is 2.14. The highest BCUT2D eigenvalue weighted by Crippen LogP contribution is 2.30. The summed E-state index contributed by atoms with van der Waals surface area (Å²) in [6, 6.07) is 10.8. The maximum atomic E-state index is 13.6.